The van der Waals surface area contributed by atoms with Crippen LogP contribution in [0.1, 0.15) is 41.5 Å². The number of rotatable bonds is 15. The molecule has 0 aromatic heterocycles. The van der Waals surface area contributed by atoms with Gasteiger partial charge in [0, 0.05) is 17.1 Å². The Kier molecular flexibility index (Phi) is 10.1. The summed E-state index contributed by atoms with van der Waals surface area (Å²) in [6.45, 7) is 2.26. The first-order valence-electron chi connectivity index (χ1n) is 17.4. The maximum atomic E-state index is 6.11. The van der Waals surface area contributed by atoms with Crippen molar-refractivity contribution in [3.05, 3.63) is 204 Å². The summed E-state index contributed by atoms with van der Waals surface area (Å²) in [5, 5.41) is 2.42. The summed E-state index contributed by atoms with van der Waals surface area (Å²) in [4.78, 5) is 0. The molecular formula is C45H44O2Si. The molecule has 240 valence electrons. The van der Waals surface area contributed by atoms with Crippen LogP contribution in [0.15, 0.2) is 182 Å². The second-order valence-corrected chi connectivity index (χ2v) is 16.0. The molecule has 1 heterocycles. The Hall–Kier alpha value is -4.54. The highest BCUT2D eigenvalue weighted by Gasteiger charge is 2.60. The van der Waals surface area contributed by atoms with Crippen LogP contribution in [0, 0.1) is 0 Å². The van der Waals surface area contributed by atoms with Crippen molar-refractivity contribution in [2.75, 3.05) is 19.8 Å². The van der Waals surface area contributed by atoms with Crippen LogP contribution in [0.4, 0.5) is 0 Å². The molecule has 0 spiro atoms. The van der Waals surface area contributed by atoms with E-state index in [-0.39, 0.29) is 6.10 Å². The van der Waals surface area contributed by atoms with E-state index < -0.39 is 19.2 Å². The fraction of sp³-hybridized carbons (Fsp3) is 0.200. The molecule has 0 saturated carbocycles. The topological polar surface area (TPSA) is 21.8 Å². The smallest absolute Gasteiger partial charge is 0.119 e. The van der Waals surface area contributed by atoms with E-state index in [1.807, 2.05) is 0 Å². The standard InChI is InChI=1S/C45H44O2Si/c1-7-21-37(22-8-1)44(38-23-9-2-10-24-38,33-19-20-34-46-35-41-36-47-41)45(39-25-11-3-12-26-39,40-27-13-4-14-28-40)48(42-29-15-5-16-30-42)43-31-17-6-18-32-43/h1-18,21-32,41,48H,19-20,33-36H2. The van der Waals surface area contributed by atoms with Crippen LogP contribution in [-0.2, 0) is 19.9 Å². The van der Waals surface area contributed by atoms with Crippen molar-refractivity contribution in [2.45, 2.75) is 35.8 Å². The predicted octanol–water partition coefficient (Wildman–Crippen LogP) is 8.13. The lowest BCUT2D eigenvalue weighted by Gasteiger charge is -2.56. The molecule has 0 aliphatic carbocycles. The van der Waals surface area contributed by atoms with Crippen molar-refractivity contribution in [3.63, 3.8) is 0 Å². The molecule has 6 aromatic rings. The molecule has 0 N–H and O–H groups in total. The van der Waals surface area contributed by atoms with E-state index in [4.69, 9.17) is 9.47 Å². The zero-order valence-corrected chi connectivity index (χ0v) is 28.7. The molecule has 3 heteroatoms. The van der Waals surface area contributed by atoms with Gasteiger partial charge in [0.25, 0.3) is 0 Å². The summed E-state index contributed by atoms with van der Waals surface area (Å²) in [6.07, 6.45) is 3.24. The van der Waals surface area contributed by atoms with Gasteiger partial charge in [-0.1, -0.05) is 192 Å². The molecule has 0 amide bonds. The number of ether oxygens (including phenoxy) is 2. The largest absolute Gasteiger partial charge is 0.379 e. The van der Waals surface area contributed by atoms with Gasteiger partial charge in [-0.2, -0.15) is 0 Å². The first-order chi connectivity index (χ1) is 23.8. The number of epoxide rings is 1. The maximum absolute atomic E-state index is 6.11. The van der Waals surface area contributed by atoms with Gasteiger partial charge in [0.2, 0.25) is 0 Å². The van der Waals surface area contributed by atoms with E-state index in [1.165, 1.54) is 32.6 Å². The van der Waals surface area contributed by atoms with E-state index in [1.54, 1.807) is 0 Å². The second-order valence-electron chi connectivity index (χ2n) is 12.9. The summed E-state index contributed by atoms with van der Waals surface area (Å²) >= 11 is 0. The molecular weight excluding hydrogens is 601 g/mol. The summed E-state index contributed by atoms with van der Waals surface area (Å²) in [5.74, 6) is 0. The third-order valence-electron chi connectivity index (χ3n) is 10.2. The highest BCUT2D eigenvalue weighted by Crippen LogP contribution is 2.57. The zero-order valence-electron chi connectivity index (χ0n) is 27.5. The minimum atomic E-state index is -2.24. The molecule has 48 heavy (non-hydrogen) atoms. The van der Waals surface area contributed by atoms with Gasteiger partial charge in [-0.15, -0.1) is 0 Å². The Morgan fingerprint density at radius 2 is 0.875 bits per heavy atom. The summed E-state index contributed by atoms with van der Waals surface area (Å²) in [7, 11) is -2.24. The Bertz CT molecular complexity index is 1690. The Labute approximate surface area is 287 Å². The van der Waals surface area contributed by atoms with Crippen molar-refractivity contribution in [3.8, 4) is 0 Å². The molecule has 1 atom stereocenters. The third kappa shape index (κ3) is 6.34. The van der Waals surface area contributed by atoms with Gasteiger partial charge >= 0.3 is 0 Å². The van der Waals surface area contributed by atoms with Crippen LogP contribution in [0.25, 0.3) is 0 Å². The minimum absolute atomic E-state index is 0.282. The van der Waals surface area contributed by atoms with E-state index in [0.29, 0.717) is 6.61 Å². The molecule has 1 unspecified atom stereocenters. The van der Waals surface area contributed by atoms with Crippen LogP contribution in [0.3, 0.4) is 0 Å². The fourth-order valence-corrected chi connectivity index (χ4v) is 12.8. The molecule has 6 aromatic carbocycles. The van der Waals surface area contributed by atoms with Crippen LogP contribution in [-0.4, -0.2) is 34.7 Å². The van der Waals surface area contributed by atoms with Crippen LogP contribution in [0.2, 0.25) is 0 Å². The zero-order chi connectivity index (χ0) is 32.5. The molecule has 2 nitrogen and oxygen atoms in total. The van der Waals surface area contributed by atoms with Gasteiger partial charge in [0.05, 0.1) is 13.2 Å². The first kappa shape index (κ1) is 32.0. The first-order valence-corrected chi connectivity index (χ1v) is 19.1. The van der Waals surface area contributed by atoms with Gasteiger partial charge in [-0.3, -0.25) is 0 Å². The number of unbranched alkanes of at least 4 members (excludes halogenated alkanes) is 1. The van der Waals surface area contributed by atoms with Crippen LogP contribution in [0.5, 0.6) is 0 Å². The lowest BCUT2D eigenvalue weighted by atomic mass is 9.58. The highest BCUT2D eigenvalue weighted by atomic mass is 28.3. The van der Waals surface area contributed by atoms with E-state index in [9.17, 15) is 0 Å². The quantitative estimate of drug-likeness (QED) is 0.0640. The van der Waals surface area contributed by atoms with Crippen molar-refractivity contribution < 1.29 is 9.47 Å². The van der Waals surface area contributed by atoms with Crippen molar-refractivity contribution >= 4 is 19.2 Å². The molecule has 1 aliphatic heterocycles. The van der Waals surface area contributed by atoms with Crippen molar-refractivity contribution in [1.82, 2.24) is 0 Å². The summed E-state index contributed by atoms with van der Waals surface area (Å²) in [6, 6.07) is 68.4. The Morgan fingerprint density at radius 1 is 0.500 bits per heavy atom. The van der Waals surface area contributed by atoms with Crippen molar-refractivity contribution in [1.29, 1.82) is 0 Å². The molecule has 1 fully saturated rings. The number of benzene rings is 6. The van der Waals surface area contributed by atoms with Gasteiger partial charge in [-0.05, 0) is 41.5 Å². The normalized spacial score (nSPS) is 14.6. The summed E-state index contributed by atoms with van der Waals surface area (Å²) < 4.78 is 11.5. The average molecular weight is 645 g/mol. The van der Waals surface area contributed by atoms with Gasteiger partial charge < -0.3 is 9.47 Å². The number of hydrogen-bond donors (Lipinski definition) is 0. The van der Waals surface area contributed by atoms with Gasteiger partial charge in [0.1, 0.15) is 14.9 Å². The average Bonchev–Trinajstić information content (AvgIpc) is 4.01. The second kappa shape index (κ2) is 15.1. The molecule has 0 radical (unpaired) electrons. The lowest BCUT2D eigenvalue weighted by molar-refractivity contribution is 0.111. The van der Waals surface area contributed by atoms with Gasteiger partial charge in [-0.25, -0.2) is 0 Å². The van der Waals surface area contributed by atoms with E-state index >= 15 is 0 Å². The van der Waals surface area contributed by atoms with Crippen LogP contribution >= 0.6 is 0 Å². The van der Waals surface area contributed by atoms with E-state index in [0.717, 1.165) is 32.5 Å². The molecule has 7 rings (SSSR count). The predicted molar refractivity (Wildman–Crippen MR) is 201 cm³/mol. The minimum Gasteiger partial charge on any atom is -0.379 e. The SMILES string of the molecule is c1ccc([SiH](c2ccccc2)C(c2ccccc2)(c2ccccc2)C(CCCCOCC2CO2)(c2ccccc2)c2ccccc2)cc1. The molecule has 0 bridgehead atoms. The number of hydrogen-bond acceptors (Lipinski definition) is 2. The van der Waals surface area contributed by atoms with Gasteiger partial charge in [0.15, 0.2) is 0 Å². The highest BCUT2D eigenvalue weighted by molar-refractivity contribution is 6.88. The monoisotopic (exact) mass is 644 g/mol. The fourth-order valence-electron chi connectivity index (χ4n) is 8.15. The molecule has 1 saturated heterocycles. The van der Waals surface area contributed by atoms with Crippen molar-refractivity contribution in [2.24, 2.45) is 0 Å². The van der Waals surface area contributed by atoms with Crippen LogP contribution < -0.4 is 10.4 Å². The third-order valence-corrected chi connectivity index (χ3v) is 14.3. The maximum Gasteiger partial charge on any atom is 0.119 e. The Morgan fingerprint density at radius 3 is 1.27 bits per heavy atom. The summed E-state index contributed by atoms with van der Waals surface area (Å²) in [5.41, 5.74) is 4.98. The van der Waals surface area contributed by atoms with E-state index in [2.05, 4.69) is 182 Å². The Balaban J connectivity index is 1.58. The lowest BCUT2D eigenvalue weighted by Crippen LogP contribution is -2.68. The molecule has 1 aliphatic rings.